The normalized spacial score (nSPS) is 16.2. The molecular weight excluding hydrogens is 431 g/mol. The lowest BCUT2D eigenvalue weighted by molar-refractivity contribution is 0.0487. The van der Waals surface area contributed by atoms with Gasteiger partial charge >= 0.3 is 0 Å². The van der Waals surface area contributed by atoms with E-state index in [1.165, 1.54) is 0 Å². The molecule has 0 atom stereocenters. The first-order chi connectivity index (χ1) is 14.3. The topological polar surface area (TPSA) is 84.5 Å². The Morgan fingerprint density at radius 3 is 2.60 bits per heavy atom. The van der Waals surface area contributed by atoms with E-state index in [0.29, 0.717) is 31.1 Å². The first kappa shape index (κ1) is 22.7. The second-order valence-electron chi connectivity index (χ2n) is 7.23. The van der Waals surface area contributed by atoms with Crippen LogP contribution in [0.3, 0.4) is 0 Å². The molecular formula is C21H24ClFN2O4S. The van der Waals surface area contributed by atoms with E-state index >= 15 is 0 Å². The van der Waals surface area contributed by atoms with Gasteiger partial charge in [-0.3, -0.25) is 4.79 Å². The average molecular weight is 455 g/mol. The predicted octanol–water partition coefficient (Wildman–Crippen LogP) is 3.26. The molecule has 1 fully saturated rings. The number of carbonyl (C=O) groups excluding carboxylic acids is 1. The lowest BCUT2D eigenvalue weighted by Gasteiger charge is -2.38. The van der Waals surface area contributed by atoms with Crippen molar-refractivity contribution >= 4 is 27.5 Å². The summed E-state index contributed by atoms with van der Waals surface area (Å²) in [7, 11) is -3.81. The van der Waals surface area contributed by atoms with Gasteiger partial charge in [0.05, 0.1) is 10.5 Å². The second-order valence-corrected chi connectivity index (χ2v) is 9.43. The molecule has 1 amide bonds. The van der Waals surface area contributed by atoms with E-state index in [1.807, 2.05) is 18.2 Å². The van der Waals surface area contributed by atoms with Gasteiger partial charge in [-0.2, -0.15) is 0 Å². The van der Waals surface area contributed by atoms with Crippen LogP contribution in [-0.2, 0) is 20.2 Å². The molecule has 1 saturated heterocycles. The summed E-state index contributed by atoms with van der Waals surface area (Å²) in [6.45, 7) is 3.14. The monoisotopic (exact) mass is 454 g/mol. The van der Waals surface area contributed by atoms with Gasteiger partial charge in [-0.1, -0.05) is 30.7 Å². The summed E-state index contributed by atoms with van der Waals surface area (Å²) in [4.78, 5) is 12.6. The summed E-state index contributed by atoms with van der Waals surface area (Å²) >= 11 is 6.16. The van der Waals surface area contributed by atoms with Crippen LogP contribution in [0, 0.1) is 5.82 Å². The number of halogens is 2. The maximum atomic E-state index is 14.3. The van der Waals surface area contributed by atoms with Crippen molar-refractivity contribution in [1.29, 1.82) is 0 Å². The first-order valence-electron chi connectivity index (χ1n) is 9.69. The standard InChI is InChI=1S/C21H24ClFN2O4S/c1-2-25-30(27,28)17-6-7-19(23)18(13-17)20(26)24-14-21(8-10-29-11-9-21)15-4-3-5-16(22)12-15/h3-7,12-13,25H,2,8-11,14H2,1H3,(H,24,26). The van der Waals surface area contributed by atoms with Gasteiger partial charge in [0.15, 0.2) is 0 Å². The Kier molecular flexibility index (Phi) is 7.13. The summed E-state index contributed by atoms with van der Waals surface area (Å²) in [5.41, 5.74) is 0.257. The van der Waals surface area contributed by atoms with E-state index in [0.717, 1.165) is 23.8 Å². The molecule has 0 unspecified atom stereocenters. The Morgan fingerprint density at radius 1 is 1.20 bits per heavy atom. The molecule has 162 valence electrons. The second kappa shape index (κ2) is 9.43. The van der Waals surface area contributed by atoms with Crippen LogP contribution in [0.2, 0.25) is 5.02 Å². The molecule has 0 radical (unpaired) electrons. The van der Waals surface area contributed by atoms with Crippen molar-refractivity contribution in [2.24, 2.45) is 0 Å². The molecule has 0 aromatic heterocycles. The number of ether oxygens (including phenoxy) is 1. The summed E-state index contributed by atoms with van der Waals surface area (Å²) in [5, 5.41) is 3.38. The van der Waals surface area contributed by atoms with Gasteiger partial charge < -0.3 is 10.1 Å². The van der Waals surface area contributed by atoms with E-state index in [2.05, 4.69) is 10.0 Å². The summed E-state index contributed by atoms with van der Waals surface area (Å²) in [6.07, 6.45) is 1.34. The summed E-state index contributed by atoms with van der Waals surface area (Å²) in [6, 6.07) is 10.6. The smallest absolute Gasteiger partial charge is 0.254 e. The fraction of sp³-hybridized carbons (Fsp3) is 0.381. The molecule has 0 bridgehead atoms. The Labute approximate surface area is 180 Å². The Morgan fingerprint density at radius 2 is 1.93 bits per heavy atom. The van der Waals surface area contributed by atoms with E-state index in [4.69, 9.17) is 16.3 Å². The molecule has 0 saturated carbocycles. The molecule has 1 heterocycles. The third-order valence-corrected chi connectivity index (χ3v) is 7.08. The molecule has 6 nitrogen and oxygen atoms in total. The molecule has 1 aliphatic rings. The van der Waals surface area contributed by atoms with Gasteiger partial charge in [-0.25, -0.2) is 17.5 Å². The van der Waals surface area contributed by atoms with E-state index in [9.17, 15) is 17.6 Å². The van der Waals surface area contributed by atoms with Crippen LogP contribution in [0.4, 0.5) is 4.39 Å². The lowest BCUT2D eigenvalue weighted by atomic mass is 9.74. The van der Waals surface area contributed by atoms with Gasteiger partial charge in [0.2, 0.25) is 10.0 Å². The zero-order valence-corrected chi connectivity index (χ0v) is 18.2. The molecule has 2 aromatic rings. The summed E-state index contributed by atoms with van der Waals surface area (Å²) < 4.78 is 46.5. The minimum atomic E-state index is -3.81. The fourth-order valence-corrected chi connectivity index (χ4v) is 4.87. The Bertz CT molecular complexity index is 1020. The van der Waals surface area contributed by atoms with Crippen LogP contribution in [0.1, 0.15) is 35.7 Å². The third kappa shape index (κ3) is 5.00. The number of sulfonamides is 1. The van der Waals surface area contributed by atoms with E-state index in [1.54, 1.807) is 13.0 Å². The van der Waals surface area contributed by atoms with Gasteiger partial charge in [0, 0.05) is 36.7 Å². The predicted molar refractivity (Wildman–Crippen MR) is 113 cm³/mol. The quantitative estimate of drug-likeness (QED) is 0.672. The lowest BCUT2D eigenvalue weighted by Crippen LogP contribution is -2.44. The van der Waals surface area contributed by atoms with Crippen molar-refractivity contribution in [1.82, 2.24) is 10.0 Å². The number of nitrogens with one attached hydrogen (secondary N) is 2. The van der Waals surface area contributed by atoms with Crippen LogP contribution in [-0.4, -0.2) is 40.6 Å². The molecule has 0 spiro atoms. The van der Waals surface area contributed by atoms with Crippen molar-refractivity contribution in [3.05, 3.63) is 64.4 Å². The number of hydrogen-bond acceptors (Lipinski definition) is 4. The molecule has 3 rings (SSSR count). The van der Waals surface area contributed by atoms with Crippen molar-refractivity contribution < 1.29 is 22.3 Å². The Hall–Kier alpha value is -2.00. The van der Waals surface area contributed by atoms with Gasteiger partial charge in [-0.15, -0.1) is 0 Å². The van der Waals surface area contributed by atoms with Crippen LogP contribution < -0.4 is 10.0 Å². The van der Waals surface area contributed by atoms with Gasteiger partial charge in [0.25, 0.3) is 5.91 Å². The minimum Gasteiger partial charge on any atom is -0.381 e. The van der Waals surface area contributed by atoms with Gasteiger partial charge in [0.1, 0.15) is 5.82 Å². The number of rotatable bonds is 7. The SMILES string of the molecule is CCNS(=O)(=O)c1ccc(F)c(C(=O)NCC2(c3cccc(Cl)c3)CCOCC2)c1. The number of carbonyl (C=O) groups is 1. The highest BCUT2D eigenvalue weighted by molar-refractivity contribution is 7.89. The molecule has 9 heteroatoms. The van der Waals surface area contributed by atoms with Crippen LogP contribution in [0.25, 0.3) is 0 Å². The maximum Gasteiger partial charge on any atom is 0.254 e. The highest BCUT2D eigenvalue weighted by atomic mass is 35.5. The number of hydrogen-bond donors (Lipinski definition) is 2. The first-order valence-corrected chi connectivity index (χ1v) is 11.5. The highest BCUT2D eigenvalue weighted by Gasteiger charge is 2.35. The van der Waals surface area contributed by atoms with Crippen LogP contribution in [0.15, 0.2) is 47.4 Å². The zero-order chi connectivity index (χ0) is 21.8. The van der Waals surface area contributed by atoms with E-state index < -0.39 is 27.2 Å². The molecule has 2 N–H and O–H groups in total. The molecule has 30 heavy (non-hydrogen) atoms. The maximum absolute atomic E-state index is 14.3. The van der Waals surface area contributed by atoms with Crippen LogP contribution in [0.5, 0.6) is 0 Å². The number of amides is 1. The van der Waals surface area contributed by atoms with Crippen LogP contribution >= 0.6 is 11.6 Å². The van der Waals surface area contributed by atoms with Crippen molar-refractivity contribution in [2.75, 3.05) is 26.3 Å². The number of benzene rings is 2. The van der Waals surface area contributed by atoms with Crippen molar-refractivity contribution in [2.45, 2.75) is 30.1 Å². The zero-order valence-electron chi connectivity index (χ0n) is 16.6. The van der Waals surface area contributed by atoms with Crippen molar-refractivity contribution in [3.8, 4) is 0 Å². The Balaban J connectivity index is 1.84. The van der Waals surface area contributed by atoms with E-state index in [-0.39, 0.29) is 23.5 Å². The molecule has 2 aromatic carbocycles. The third-order valence-electron chi connectivity index (χ3n) is 5.30. The molecule has 0 aliphatic carbocycles. The molecule has 1 aliphatic heterocycles. The average Bonchev–Trinajstić information content (AvgIpc) is 2.73. The largest absolute Gasteiger partial charge is 0.381 e. The van der Waals surface area contributed by atoms with Crippen molar-refractivity contribution in [3.63, 3.8) is 0 Å². The van der Waals surface area contributed by atoms with Gasteiger partial charge in [-0.05, 0) is 48.7 Å². The minimum absolute atomic E-state index is 0.161. The highest BCUT2D eigenvalue weighted by Crippen LogP contribution is 2.35. The summed E-state index contributed by atoms with van der Waals surface area (Å²) in [5.74, 6) is -1.46. The fourth-order valence-electron chi connectivity index (χ4n) is 3.61.